The van der Waals surface area contributed by atoms with Crippen LogP contribution in [0.25, 0.3) is 0 Å². The Kier molecular flexibility index (Phi) is 4.70. The molecule has 2 aromatic rings. The molecule has 0 saturated heterocycles. The molecule has 110 valence electrons. The molecule has 0 aliphatic rings. The van der Waals surface area contributed by atoms with Gasteiger partial charge in [0.15, 0.2) is 0 Å². The lowest BCUT2D eigenvalue weighted by molar-refractivity contribution is -0.385. The normalized spacial score (nSPS) is 10.4. The summed E-state index contributed by atoms with van der Waals surface area (Å²) in [6.45, 7) is 3.82. The summed E-state index contributed by atoms with van der Waals surface area (Å²) in [6, 6.07) is 4.67. The standard InChI is InChI=1S/C14H14ClN3O3/c1-3-4-10-13(15)16-8-17-14(10)21-12-7-9(2)5-6-11(12)18(19)20/h5-8H,3-4H2,1-2H3. The fourth-order valence-corrected chi connectivity index (χ4v) is 2.10. The average Bonchev–Trinajstić information content (AvgIpc) is 2.42. The van der Waals surface area contributed by atoms with E-state index in [0.29, 0.717) is 17.1 Å². The van der Waals surface area contributed by atoms with E-state index in [1.807, 2.05) is 13.8 Å². The first-order valence-electron chi connectivity index (χ1n) is 6.45. The third kappa shape index (κ3) is 3.46. The Morgan fingerprint density at radius 2 is 2.14 bits per heavy atom. The molecule has 0 spiro atoms. The minimum Gasteiger partial charge on any atom is -0.431 e. The van der Waals surface area contributed by atoms with Crippen LogP contribution in [0, 0.1) is 17.0 Å². The summed E-state index contributed by atoms with van der Waals surface area (Å²) in [7, 11) is 0. The van der Waals surface area contributed by atoms with E-state index in [1.54, 1.807) is 12.1 Å². The molecule has 1 aromatic carbocycles. The summed E-state index contributed by atoms with van der Waals surface area (Å²) in [5.41, 5.74) is 1.39. The third-order valence-electron chi connectivity index (χ3n) is 2.87. The van der Waals surface area contributed by atoms with Crippen molar-refractivity contribution in [2.24, 2.45) is 0 Å². The minimum atomic E-state index is -0.489. The van der Waals surface area contributed by atoms with Crippen molar-refractivity contribution >= 4 is 17.3 Å². The van der Waals surface area contributed by atoms with Gasteiger partial charge in [0.05, 0.1) is 10.5 Å². The van der Waals surface area contributed by atoms with Crippen molar-refractivity contribution in [1.29, 1.82) is 0 Å². The molecule has 0 amide bonds. The zero-order valence-corrected chi connectivity index (χ0v) is 12.4. The second kappa shape index (κ2) is 6.49. The van der Waals surface area contributed by atoms with Crippen LogP contribution in [-0.4, -0.2) is 14.9 Å². The van der Waals surface area contributed by atoms with Gasteiger partial charge in [-0.2, -0.15) is 0 Å². The van der Waals surface area contributed by atoms with E-state index in [4.69, 9.17) is 16.3 Å². The lowest BCUT2D eigenvalue weighted by Gasteiger charge is -2.10. The van der Waals surface area contributed by atoms with E-state index in [-0.39, 0.29) is 17.3 Å². The molecule has 2 rings (SSSR count). The van der Waals surface area contributed by atoms with Crippen molar-refractivity contribution in [3.8, 4) is 11.6 Å². The van der Waals surface area contributed by atoms with Gasteiger partial charge in [-0.05, 0) is 25.0 Å². The molecule has 0 bridgehead atoms. The predicted molar refractivity (Wildman–Crippen MR) is 78.9 cm³/mol. The van der Waals surface area contributed by atoms with Gasteiger partial charge in [0.1, 0.15) is 11.5 Å². The molecule has 0 fully saturated rings. The second-order valence-electron chi connectivity index (χ2n) is 4.53. The van der Waals surface area contributed by atoms with E-state index in [0.717, 1.165) is 12.0 Å². The Morgan fingerprint density at radius 1 is 1.38 bits per heavy atom. The summed E-state index contributed by atoms with van der Waals surface area (Å²) in [6.07, 6.45) is 2.74. The summed E-state index contributed by atoms with van der Waals surface area (Å²) < 4.78 is 5.64. The van der Waals surface area contributed by atoms with Gasteiger partial charge in [0, 0.05) is 6.07 Å². The maximum absolute atomic E-state index is 11.1. The number of ether oxygens (including phenoxy) is 1. The highest BCUT2D eigenvalue weighted by Gasteiger charge is 2.19. The first-order chi connectivity index (χ1) is 10.0. The lowest BCUT2D eigenvalue weighted by atomic mass is 10.2. The molecule has 0 aliphatic carbocycles. The van der Waals surface area contributed by atoms with Crippen LogP contribution in [0.2, 0.25) is 5.15 Å². The van der Waals surface area contributed by atoms with Gasteiger partial charge in [-0.15, -0.1) is 0 Å². The maximum atomic E-state index is 11.1. The average molecular weight is 308 g/mol. The Bertz CT molecular complexity index is 677. The predicted octanol–water partition coefficient (Wildman–Crippen LogP) is 4.09. The highest BCUT2D eigenvalue weighted by Crippen LogP contribution is 2.34. The number of aryl methyl sites for hydroxylation is 1. The molecule has 7 heteroatoms. The number of benzene rings is 1. The van der Waals surface area contributed by atoms with Gasteiger partial charge >= 0.3 is 5.69 Å². The zero-order chi connectivity index (χ0) is 15.4. The van der Waals surface area contributed by atoms with Crippen LogP contribution in [0.15, 0.2) is 24.5 Å². The van der Waals surface area contributed by atoms with Gasteiger partial charge in [-0.1, -0.05) is 31.0 Å². The Labute approximate surface area is 126 Å². The van der Waals surface area contributed by atoms with Crippen LogP contribution in [0.3, 0.4) is 0 Å². The minimum absolute atomic E-state index is 0.113. The number of hydrogen-bond acceptors (Lipinski definition) is 5. The van der Waals surface area contributed by atoms with Crippen molar-refractivity contribution in [1.82, 2.24) is 9.97 Å². The van der Waals surface area contributed by atoms with Crippen molar-refractivity contribution < 1.29 is 9.66 Å². The van der Waals surface area contributed by atoms with E-state index < -0.39 is 4.92 Å². The van der Waals surface area contributed by atoms with E-state index in [9.17, 15) is 10.1 Å². The van der Waals surface area contributed by atoms with Crippen molar-refractivity contribution in [3.05, 3.63) is 50.9 Å². The van der Waals surface area contributed by atoms with E-state index in [1.165, 1.54) is 12.4 Å². The summed E-state index contributed by atoms with van der Waals surface area (Å²) >= 11 is 6.04. The molecule has 6 nitrogen and oxygen atoms in total. The molecule has 0 N–H and O–H groups in total. The van der Waals surface area contributed by atoms with Crippen LogP contribution >= 0.6 is 11.6 Å². The highest BCUT2D eigenvalue weighted by atomic mass is 35.5. The summed E-state index contributed by atoms with van der Waals surface area (Å²) in [4.78, 5) is 18.5. The maximum Gasteiger partial charge on any atom is 0.311 e. The van der Waals surface area contributed by atoms with Crippen LogP contribution in [0.5, 0.6) is 11.6 Å². The number of nitro groups is 1. The first-order valence-corrected chi connectivity index (χ1v) is 6.83. The van der Waals surface area contributed by atoms with Gasteiger partial charge in [-0.3, -0.25) is 10.1 Å². The molecular weight excluding hydrogens is 294 g/mol. The number of aromatic nitrogens is 2. The smallest absolute Gasteiger partial charge is 0.311 e. The molecule has 0 radical (unpaired) electrons. The molecule has 0 unspecified atom stereocenters. The van der Waals surface area contributed by atoms with Crippen molar-refractivity contribution in [2.75, 3.05) is 0 Å². The monoisotopic (exact) mass is 307 g/mol. The Morgan fingerprint density at radius 3 is 2.81 bits per heavy atom. The molecule has 1 aromatic heterocycles. The number of nitrogens with zero attached hydrogens (tertiary/aromatic N) is 3. The van der Waals surface area contributed by atoms with Gasteiger partial charge in [0.2, 0.25) is 11.6 Å². The second-order valence-corrected chi connectivity index (χ2v) is 4.89. The Hall–Kier alpha value is -2.21. The quantitative estimate of drug-likeness (QED) is 0.472. The lowest BCUT2D eigenvalue weighted by Crippen LogP contribution is -2.00. The summed E-state index contributed by atoms with van der Waals surface area (Å²) in [5.74, 6) is 0.401. The zero-order valence-electron chi connectivity index (χ0n) is 11.7. The molecule has 21 heavy (non-hydrogen) atoms. The topological polar surface area (TPSA) is 78.2 Å². The molecule has 1 heterocycles. The van der Waals surface area contributed by atoms with Crippen molar-refractivity contribution in [2.45, 2.75) is 26.7 Å². The van der Waals surface area contributed by atoms with Gasteiger partial charge < -0.3 is 4.74 Å². The number of nitro benzene ring substituents is 1. The first kappa shape index (κ1) is 15.2. The van der Waals surface area contributed by atoms with Gasteiger partial charge in [0.25, 0.3) is 0 Å². The fraction of sp³-hybridized carbons (Fsp3) is 0.286. The number of hydrogen-bond donors (Lipinski definition) is 0. The SMILES string of the molecule is CCCc1c(Cl)ncnc1Oc1cc(C)ccc1[N+](=O)[O-]. The fourth-order valence-electron chi connectivity index (χ4n) is 1.88. The molecule has 0 saturated carbocycles. The Balaban J connectivity index is 2.45. The van der Waals surface area contributed by atoms with Crippen LogP contribution in [0.4, 0.5) is 5.69 Å². The van der Waals surface area contributed by atoms with Crippen LogP contribution in [-0.2, 0) is 6.42 Å². The van der Waals surface area contributed by atoms with Crippen LogP contribution < -0.4 is 4.74 Å². The molecule has 0 aliphatic heterocycles. The molecule has 0 atom stereocenters. The van der Waals surface area contributed by atoms with Crippen LogP contribution in [0.1, 0.15) is 24.5 Å². The number of rotatable bonds is 5. The highest BCUT2D eigenvalue weighted by molar-refractivity contribution is 6.30. The van der Waals surface area contributed by atoms with E-state index >= 15 is 0 Å². The van der Waals surface area contributed by atoms with Crippen molar-refractivity contribution in [3.63, 3.8) is 0 Å². The van der Waals surface area contributed by atoms with Gasteiger partial charge in [-0.25, -0.2) is 9.97 Å². The van der Waals surface area contributed by atoms with E-state index in [2.05, 4.69) is 9.97 Å². The summed E-state index contributed by atoms with van der Waals surface area (Å²) in [5, 5.41) is 11.4. The number of halogens is 1. The third-order valence-corrected chi connectivity index (χ3v) is 3.20. The largest absolute Gasteiger partial charge is 0.431 e. The molecular formula is C14H14ClN3O3.